The minimum absolute atomic E-state index is 0.00162. The average Bonchev–Trinajstić information content (AvgIpc) is 2.61. The molecule has 25 heavy (non-hydrogen) atoms. The van der Waals surface area contributed by atoms with Gasteiger partial charge in [0.1, 0.15) is 5.69 Å². The highest BCUT2D eigenvalue weighted by atomic mass is 16.6. The fraction of sp³-hybridized carbons (Fsp3) is 0.333. The van der Waals surface area contributed by atoms with Crippen LogP contribution in [0.15, 0.2) is 36.4 Å². The van der Waals surface area contributed by atoms with Gasteiger partial charge in [0, 0.05) is 19.2 Å². The summed E-state index contributed by atoms with van der Waals surface area (Å²) < 4.78 is 5.60. The fourth-order valence-corrected chi connectivity index (χ4v) is 2.98. The van der Waals surface area contributed by atoms with Gasteiger partial charge < -0.3 is 19.8 Å². The van der Waals surface area contributed by atoms with E-state index >= 15 is 0 Å². The number of nitrogens with zero attached hydrogens (tertiary/aromatic N) is 3. The van der Waals surface area contributed by atoms with Crippen molar-refractivity contribution >= 4 is 17.4 Å². The molecule has 130 valence electrons. The molecule has 0 fully saturated rings. The largest absolute Gasteiger partial charge is 0.473 e. The normalized spacial score (nSPS) is 14.6. The molecule has 0 saturated heterocycles. The van der Waals surface area contributed by atoms with Crippen LogP contribution in [0.4, 0.5) is 11.5 Å². The van der Waals surface area contributed by atoms with Gasteiger partial charge in [0.25, 0.3) is 5.91 Å². The van der Waals surface area contributed by atoms with E-state index in [2.05, 4.69) is 4.98 Å². The molecule has 0 aliphatic carbocycles. The zero-order valence-electron chi connectivity index (χ0n) is 14.1. The van der Waals surface area contributed by atoms with E-state index in [0.29, 0.717) is 12.2 Å². The second-order valence-electron chi connectivity index (χ2n) is 6.01. The number of rotatable bonds is 4. The standard InChI is InChI=1S/C18H19N3O4/c1-12-9-10-16(17(19-12)21(23)24)25-13(2)18(22)20-11-5-7-14-6-3-4-8-15(14)20/h3-4,6,8-10,13H,5,7,11H2,1-2H3. The van der Waals surface area contributed by atoms with Gasteiger partial charge in [0.05, 0.1) is 0 Å². The van der Waals surface area contributed by atoms with E-state index in [0.717, 1.165) is 24.1 Å². The van der Waals surface area contributed by atoms with Gasteiger partial charge in [-0.25, -0.2) is 0 Å². The number of ether oxygens (including phenoxy) is 1. The number of aromatic nitrogens is 1. The molecule has 1 aromatic heterocycles. The number of nitro groups is 1. The molecule has 7 heteroatoms. The Morgan fingerprint density at radius 2 is 2.08 bits per heavy atom. The first-order chi connectivity index (χ1) is 12.0. The van der Waals surface area contributed by atoms with Crippen LogP contribution in [0.1, 0.15) is 24.6 Å². The van der Waals surface area contributed by atoms with Gasteiger partial charge in [0.2, 0.25) is 5.75 Å². The van der Waals surface area contributed by atoms with Crippen molar-refractivity contribution in [2.24, 2.45) is 0 Å². The Balaban J connectivity index is 1.82. The lowest BCUT2D eigenvalue weighted by molar-refractivity contribution is -0.390. The molecule has 1 atom stereocenters. The number of amides is 1. The minimum atomic E-state index is -0.852. The van der Waals surface area contributed by atoms with Gasteiger partial charge in [-0.05, 0) is 53.4 Å². The summed E-state index contributed by atoms with van der Waals surface area (Å²) in [5.41, 5.74) is 2.52. The predicted octanol–water partition coefficient (Wildman–Crippen LogP) is 3.04. The fourth-order valence-electron chi connectivity index (χ4n) is 2.98. The first-order valence-electron chi connectivity index (χ1n) is 8.15. The zero-order chi connectivity index (χ0) is 18.0. The third-order valence-electron chi connectivity index (χ3n) is 4.18. The first kappa shape index (κ1) is 16.9. The summed E-state index contributed by atoms with van der Waals surface area (Å²) in [7, 11) is 0. The molecule has 1 unspecified atom stereocenters. The van der Waals surface area contributed by atoms with Gasteiger partial charge in [-0.3, -0.25) is 4.79 Å². The molecule has 1 aliphatic heterocycles. The van der Waals surface area contributed by atoms with Gasteiger partial charge in [0.15, 0.2) is 6.10 Å². The van der Waals surface area contributed by atoms with Crippen LogP contribution in [0, 0.1) is 17.0 Å². The Morgan fingerprint density at radius 1 is 1.32 bits per heavy atom. The van der Waals surface area contributed by atoms with Crippen LogP contribution in [0.3, 0.4) is 0 Å². The molecule has 2 aromatic rings. The number of carbonyl (C=O) groups excluding carboxylic acids is 1. The maximum Gasteiger partial charge on any atom is 0.406 e. The van der Waals surface area contributed by atoms with Crippen LogP contribution in [-0.2, 0) is 11.2 Å². The van der Waals surface area contributed by atoms with Crippen molar-refractivity contribution in [3.8, 4) is 5.75 Å². The molecule has 1 aliphatic rings. The Hall–Kier alpha value is -2.96. The predicted molar refractivity (Wildman–Crippen MR) is 92.8 cm³/mol. The molecule has 3 rings (SSSR count). The molecule has 1 amide bonds. The monoisotopic (exact) mass is 341 g/mol. The second-order valence-corrected chi connectivity index (χ2v) is 6.01. The molecule has 0 radical (unpaired) electrons. The number of anilines is 1. The number of benzene rings is 1. The number of hydrogen-bond acceptors (Lipinski definition) is 5. The molecule has 0 saturated carbocycles. The summed E-state index contributed by atoms with van der Waals surface area (Å²) in [5, 5.41) is 11.2. The van der Waals surface area contributed by atoms with Crippen LogP contribution in [0.25, 0.3) is 0 Å². The Kier molecular flexibility index (Phi) is 4.65. The van der Waals surface area contributed by atoms with Crippen molar-refractivity contribution in [2.75, 3.05) is 11.4 Å². The number of para-hydroxylation sites is 1. The van der Waals surface area contributed by atoms with Crippen LogP contribution >= 0.6 is 0 Å². The quantitative estimate of drug-likeness (QED) is 0.630. The number of aryl methyl sites for hydroxylation is 2. The van der Waals surface area contributed by atoms with E-state index in [4.69, 9.17) is 4.74 Å². The van der Waals surface area contributed by atoms with E-state index in [9.17, 15) is 14.9 Å². The minimum Gasteiger partial charge on any atom is -0.473 e. The number of pyridine rings is 1. The second kappa shape index (κ2) is 6.88. The van der Waals surface area contributed by atoms with Crippen LogP contribution in [0.2, 0.25) is 0 Å². The van der Waals surface area contributed by atoms with Gasteiger partial charge in [-0.2, -0.15) is 0 Å². The molecule has 0 bridgehead atoms. The molecule has 0 N–H and O–H groups in total. The number of carbonyl (C=O) groups is 1. The lowest BCUT2D eigenvalue weighted by Crippen LogP contribution is -2.43. The smallest absolute Gasteiger partial charge is 0.406 e. The number of fused-ring (bicyclic) bond motifs is 1. The van der Waals surface area contributed by atoms with Gasteiger partial charge >= 0.3 is 5.82 Å². The molecule has 0 spiro atoms. The Morgan fingerprint density at radius 3 is 2.84 bits per heavy atom. The van der Waals surface area contributed by atoms with Crippen LogP contribution in [0.5, 0.6) is 5.75 Å². The summed E-state index contributed by atoms with van der Waals surface area (Å²) in [4.78, 5) is 29.0. The molecular weight excluding hydrogens is 322 g/mol. The highest BCUT2D eigenvalue weighted by Gasteiger charge is 2.29. The van der Waals surface area contributed by atoms with E-state index in [1.807, 2.05) is 24.3 Å². The van der Waals surface area contributed by atoms with Crippen LogP contribution < -0.4 is 9.64 Å². The van der Waals surface area contributed by atoms with Gasteiger partial charge in [-0.1, -0.05) is 18.2 Å². The van der Waals surface area contributed by atoms with Crippen molar-refractivity contribution in [3.05, 3.63) is 57.8 Å². The molecule has 7 nitrogen and oxygen atoms in total. The average molecular weight is 341 g/mol. The van der Waals surface area contributed by atoms with Crippen molar-refractivity contribution in [2.45, 2.75) is 32.8 Å². The maximum atomic E-state index is 12.8. The van der Waals surface area contributed by atoms with Crippen molar-refractivity contribution in [1.29, 1.82) is 0 Å². The summed E-state index contributed by atoms with van der Waals surface area (Å²) in [6.45, 7) is 3.87. The highest BCUT2D eigenvalue weighted by molar-refractivity contribution is 5.97. The van der Waals surface area contributed by atoms with Crippen molar-refractivity contribution < 1.29 is 14.5 Å². The molecule has 1 aromatic carbocycles. The number of hydrogen-bond donors (Lipinski definition) is 0. The summed E-state index contributed by atoms with van der Waals surface area (Å²) in [5.74, 6) is -0.595. The Labute approximate surface area is 145 Å². The molecular formula is C18H19N3O4. The van der Waals surface area contributed by atoms with Crippen molar-refractivity contribution in [1.82, 2.24) is 4.98 Å². The van der Waals surface area contributed by atoms with E-state index < -0.39 is 11.0 Å². The lowest BCUT2D eigenvalue weighted by atomic mass is 10.0. The Bertz CT molecular complexity index is 822. The summed E-state index contributed by atoms with van der Waals surface area (Å²) in [6.07, 6.45) is 0.957. The SMILES string of the molecule is Cc1ccc(OC(C)C(=O)N2CCCc3ccccc32)c([N+](=O)[O-])n1. The topological polar surface area (TPSA) is 85.6 Å². The van der Waals surface area contributed by atoms with Gasteiger partial charge in [-0.15, -0.1) is 0 Å². The lowest BCUT2D eigenvalue weighted by Gasteiger charge is -2.31. The summed E-state index contributed by atoms with van der Waals surface area (Å²) in [6, 6.07) is 10.9. The zero-order valence-corrected chi connectivity index (χ0v) is 14.1. The van der Waals surface area contributed by atoms with Crippen molar-refractivity contribution in [3.63, 3.8) is 0 Å². The van der Waals surface area contributed by atoms with E-state index in [1.54, 1.807) is 24.8 Å². The maximum absolute atomic E-state index is 12.8. The summed E-state index contributed by atoms with van der Waals surface area (Å²) >= 11 is 0. The third-order valence-corrected chi connectivity index (χ3v) is 4.18. The highest BCUT2D eigenvalue weighted by Crippen LogP contribution is 2.29. The first-order valence-corrected chi connectivity index (χ1v) is 8.15. The van der Waals surface area contributed by atoms with E-state index in [-0.39, 0.29) is 17.5 Å². The molecule has 2 heterocycles. The van der Waals surface area contributed by atoms with E-state index in [1.165, 1.54) is 6.07 Å². The third kappa shape index (κ3) is 3.45. The van der Waals surface area contributed by atoms with Crippen LogP contribution in [-0.4, -0.2) is 28.5 Å².